The molecular formula is C21H21ClN4O3. The van der Waals surface area contributed by atoms with Crippen molar-refractivity contribution in [1.29, 1.82) is 0 Å². The minimum atomic E-state index is -0.281. The molecule has 150 valence electrons. The first kappa shape index (κ1) is 20.5. The number of hydrogen-bond donors (Lipinski definition) is 3. The molecule has 0 aliphatic carbocycles. The second-order valence-corrected chi connectivity index (χ2v) is 6.88. The van der Waals surface area contributed by atoms with E-state index in [4.69, 9.17) is 11.6 Å². The number of benzene rings is 2. The van der Waals surface area contributed by atoms with Gasteiger partial charge in [0.15, 0.2) is 0 Å². The number of halogens is 1. The minimum absolute atomic E-state index is 0.125. The van der Waals surface area contributed by atoms with E-state index < -0.39 is 0 Å². The second kappa shape index (κ2) is 9.84. The zero-order valence-corrected chi connectivity index (χ0v) is 16.5. The predicted molar refractivity (Wildman–Crippen MR) is 112 cm³/mol. The lowest BCUT2D eigenvalue weighted by Gasteiger charge is -2.08. The fourth-order valence-corrected chi connectivity index (χ4v) is 3.10. The van der Waals surface area contributed by atoms with Gasteiger partial charge in [-0.2, -0.15) is 0 Å². The smallest absolute Gasteiger partial charge is 0.258 e. The van der Waals surface area contributed by atoms with Gasteiger partial charge < -0.3 is 15.6 Å². The average Bonchev–Trinajstić information content (AvgIpc) is 2.71. The quantitative estimate of drug-likeness (QED) is 0.494. The molecule has 0 radical (unpaired) electrons. The standard InChI is InChI=1S/C21H21ClN4O3/c22-16-8-3-1-6-14(16)20(28)24-13-12-23-19(27)11-5-10-18-25-17-9-4-2-7-15(17)21(29)26-18/h1-4,6-9H,5,10-13H2,(H,23,27)(H,24,28)(H,25,26,29). The molecule has 2 aromatic carbocycles. The highest BCUT2D eigenvalue weighted by Crippen LogP contribution is 2.14. The summed E-state index contributed by atoms with van der Waals surface area (Å²) in [4.78, 5) is 43.2. The van der Waals surface area contributed by atoms with Crippen molar-refractivity contribution in [2.45, 2.75) is 19.3 Å². The first-order valence-electron chi connectivity index (χ1n) is 9.32. The number of nitrogens with zero attached hydrogens (tertiary/aromatic N) is 1. The van der Waals surface area contributed by atoms with Crippen LogP contribution in [-0.4, -0.2) is 34.9 Å². The number of hydrogen-bond acceptors (Lipinski definition) is 4. The van der Waals surface area contributed by atoms with Crippen LogP contribution in [0.25, 0.3) is 10.9 Å². The van der Waals surface area contributed by atoms with Gasteiger partial charge in [-0.3, -0.25) is 14.4 Å². The van der Waals surface area contributed by atoms with Crippen LogP contribution in [0.4, 0.5) is 0 Å². The second-order valence-electron chi connectivity index (χ2n) is 6.47. The molecule has 2 amide bonds. The van der Waals surface area contributed by atoms with Gasteiger partial charge in [0.1, 0.15) is 5.82 Å². The van der Waals surface area contributed by atoms with Crippen molar-refractivity contribution in [1.82, 2.24) is 20.6 Å². The fourth-order valence-electron chi connectivity index (χ4n) is 2.88. The lowest BCUT2D eigenvalue weighted by atomic mass is 10.2. The molecule has 0 spiro atoms. The molecular weight excluding hydrogens is 392 g/mol. The first-order valence-corrected chi connectivity index (χ1v) is 9.70. The normalized spacial score (nSPS) is 10.7. The van der Waals surface area contributed by atoms with E-state index in [1.54, 1.807) is 42.5 Å². The maximum absolute atomic E-state index is 12.0. The van der Waals surface area contributed by atoms with Crippen LogP contribution in [0.5, 0.6) is 0 Å². The number of carbonyl (C=O) groups excluding carboxylic acids is 2. The number of rotatable bonds is 8. The Hall–Kier alpha value is -3.19. The number of H-pyrrole nitrogens is 1. The molecule has 0 saturated carbocycles. The summed E-state index contributed by atoms with van der Waals surface area (Å²) in [7, 11) is 0. The van der Waals surface area contributed by atoms with Gasteiger partial charge in [-0.1, -0.05) is 35.9 Å². The average molecular weight is 413 g/mol. The first-order chi connectivity index (χ1) is 14.0. The van der Waals surface area contributed by atoms with Gasteiger partial charge in [0.2, 0.25) is 5.91 Å². The molecule has 29 heavy (non-hydrogen) atoms. The molecule has 3 aromatic rings. The van der Waals surface area contributed by atoms with Gasteiger partial charge in [0, 0.05) is 25.9 Å². The van der Waals surface area contributed by atoms with E-state index in [9.17, 15) is 14.4 Å². The van der Waals surface area contributed by atoms with Crippen LogP contribution in [-0.2, 0) is 11.2 Å². The largest absolute Gasteiger partial charge is 0.354 e. The summed E-state index contributed by atoms with van der Waals surface area (Å²) < 4.78 is 0. The van der Waals surface area contributed by atoms with Gasteiger partial charge in [-0.25, -0.2) is 4.98 Å². The van der Waals surface area contributed by atoms with E-state index >= 15 is 0 Å². The van der Waals surface area contributed by atoms with Gasteiger partial charge in [0.25, 0.3) is 11.5 Å². The topological polar surface area (TPSA) is 104 Å². The van der Waals surface area contributed by atoms with Gasteiger partial charge in [0.05, 0.1) is 21.5 Å². The van der Waals surface area contributed by atoms with Crippen LogP contribution in [0.3, 0.4) is 0 Å². The Morgan fingerprint density at radius 2 is 1.72 bits per heavy atom. The van der Waals surface area contributed by atoms with Crippen molar-refractivity contribution < 1.29 is 9.59 Å². The van der Waals surface area contributed by atoms with Crippen LogP contribution in [0, 0.1) is 0 Å². The molecule has 1 aromatic heterocycles. The Labute approximate surface area is 172 Å². The molecule has 1 heterocycles. The van der Waals surface area contributed by atoms with Gasteiger partial charge in [-0.15, -0.1) is 0 Å². The minimum Gasteiger partial charge on any atom is -0.354 e. The number of para-hydroxylation sites is 1. The molecule has 0 fully saturated rings. The van der Waals surface area contributed by atoms with E-state index in [0.717, 1.165) is 0 Å². The van der Waals surface area contributed by atoms with Crippen molar-refractivity contribution in [3.8, 4) is 0 Å². The lowest BCUT2D eigenvalue weighted by molar-refractivity contribution is -0.121. The zero-order chi connectivity index (χ0) is 20.6. The summed E-state index contributed by atoms with van der Waals surface area (Å²) in [5, 5.41) is 6.40. The molecule has 0 aliphatic heterocycles. The summed E-state index contributed by atoms with van der Waals surface area (Å²) in [5.41, 5.74) is 0.867. The molecule has 0 unspecified atom stereocenters. The maximum atomic E-state index is 12.0. The van der Waals surface area contributed by atoms with Crippen molar-refractivity contribution in [3.63, 3.8) is 0 Å². The Bertz CT molecular complexity index is 1080. The van der Waals surface area contributed by atoms with Gasteiger partial charge in [-0.05, 0) is 30.7 Å². The molecule has 3 N–H and O–H groups in total. The van der Waals surface area contributed by atoms with Crippen molar-refractivity contribution >= 4 is 34.3 Å². The van der Waals surface area contributed by atoms with Gasteiger partial charge >= 0.3 is 0 Å². The van der Waals surface area contributed by atoms with Crippen LogP contribution in [0.2, 0.25) is 5.02 Å². The predicted octanol–water partition coefficient (Wildman–Crippen LogP) is 2.45. The zero-order valence-electron chi connectivity index (χ0n) is 15.7. The summed E-state index contributed by atoms with van der Waals surface area (Å²) >= 11 is 5.97. The Balaban J connectivity index is 1.38. The number of carbonyl (C=O) groups is 2. The lowest BCUT2D eigenvalue weighted by Crippen LogP contribution is -2.34. The summed E-state index contributed by atoms with van der Waals surface area (Å²) in [5.74, 6) is 0.157. The molecule has 8 heteroatoms. The summed E-state index contributed by atoms with van der Waals surface area (Å²) in [6.45, 7) is 0.620. The van der Waals surface area contributed by atoms with E-state index in [0.29, 0.717) is 59.7 Å². The van der Waals surface area contributed by atoms with Crippen molar-refractivity contribution in [3.05, 3.63) is 75.3 Å². The molecule has 0 atom stereocenters. The monoisotopic (exact) mass is 412 g/mol. The van der Waals surface area contributed by atoms with Crippen LogP contribution in [0.1, 0.15) is 29.0 Å². The maximum Gasteiger partial charge on any atom is 0.258 e. The highest BCUT2D eigenvalue weighted by molar-refractivity contribution is 6.33. The van der Waals surface area contributed by atoms with Crippen molar-refractivity contribution in [2.75, 3.05) is 13.1 Å². The molecule has 0 bridgehead atoms. The van der Waals surface area contributed by atoms with Crippen LogP contribution in [0.15, 0.2) is 53.3 Å². The third kappa shape index (κ3) is 5.65. The molecule has 0 aliphatic rings. The third-order valence-corrected chi connectivity index (χ3v) is 4.66. The number of aromatic amines is 1. The Morgan fingerprint density at radius 1 is 1.00 bits per heavy atom. The summed E-state index contributed by atoms with van der Waals surface area (Å²) in [6, 6.07) is 13.9. The molecule has 3 rings (SSSR count). The molecule has 7 nitrogen and oxygen atoms in total. The molecule has 0 saturated heterocycles. The fraction of sp³-hybridized carbons (Fsp3) is 0.238. The number of fused-ring (bicyclic) bond motifs is 1. The Morgan fingerprint density at radius 3 is 2.55 bits per heavy atom. The number of nitrogens with one attached hydrogen (secondary N) is 3. The number of aromatic nitrogens is 2. The highest BCUT2D eigenvalue weighted by atomic mass is 35.5. The van der Waals surface area contributed by atoms with E-state index in [2.05, 4.69) is 20.6 Å². The third-order valence-electron chi connectivity index (χ3n) is 4.33. The van der Waals surface area contributed by atoms with E-state index in [1.165, 1.54) is 0 Å². The number of amides is 2. The summed E-state index contributed by atoms with van der Waals surface area (Å²) in [6.07, 6.45) is 1.35. The highest BCUT2D eigenvalue weighted by Gasteiger charge is 2.09. The van der Waals surface area contributed by atoms with Crippen LogP contribution < -0.4 is 16.2 Å². The SMILES string of the molecule is O=C(CCCc1nc2ccccc2c(=O)[nH]1)NCCNC(=O)c1ccccc1Cl. The van der Waals surface area contributed by atoms with Crippen LogP contribution >= 0.6 is 11.6 Å². The van der Waals surface area contributed by atoms with E-state index in [-0.39, 0.29) is 17.4 Å². The van der Waals surface area contributed by atoms with E-state index in [1.807, 2.05) is 6.07 Å². The number of aryl methyl sites for hydroxylation is 1. The Kier molecular flexibility index (Phi) is 6.97. The van der Waals surface area contributed by atoms with Crippen molar-refractivity contribution in [2.24, 2.45) is 0 Å².